The second-order valence-corrected chi connectivity index (χ2v) is 9.04. The summed E-state index contributed by atoms with van der Waals surface area (Å²) in [5.74, 6) is 0.0713. The van der Waals surface area contributed by atoms with Crippen molar-refractivity contribution >= 4 is 23.3 Å². The molecule has 2 unspecified atom stereocenters. The van der Waals surface area contributed by atoms with E-state index < -0.39 is 25.0 Å². The SMILES string of the molecule is Cc1ccc(-c2noc(C3CN(C(=O)O)C3C)n2)cc1NC(=O)c1cnc2ccc(COCC(F)F)cn12. The Kier molecular flexibility index (Phi) is 6.76. The standard InChI is InChI=1S/C25H24F2N6O5/c1-13-3-5-16(22-30-24(38-31-22)17-10-32(14(17)2)25(35)36)7-18(13)29-23(34)19-8-28-21-6-4-15(9-33(19)21)11-37-12-20(26)27/h3-9,14,17,20H,10-12H2,1-2H3,(H,29,34)(H,35,36). The predicted molar refractivity (Wildman–Crippen MR) is 130 cm³/mol. The molecule has 1 fully saturated rings. The number of halogens is 2. The number of rotatable bonds is 8. The molecule has 4 heterocycles. The van der Waals surface area contributed by atoms with E-state index in [1.54, 1.807) is 41.8 Å². The third-order valence-electron chi connectivity index (χ3n) is 6.53. The van der Waals surface area contributed by atoms with Gasteiger partial charge >= 0.3 is 6.09 Å². The molecular formula is C25H24F2N6O5. The van der Waals surface area contributed by atoms with E-state index in [1.165, 1.54) is 11.1 Å². The van der Waals surface area contributed by atoms with Gasteiger partial charge in [0.1, 0.15) is 17.9 Å². The van der Waals surface area contributed by atoms with Crippen LogP contribution in [0.15, 0.2) is 47.2 Å². The molecule has 2 atom stereocenters. The van der Waals surface area contributed by atoms with E-state index in [4.69, 9.17) is 14.4 Å². The van der Waals surface area contributed by atoms with Crippen LogP contribution in [0.3, 0.4) is 0 Å². The number of fused-ring (bicyclic) bond motifs is 1. The van der Waals surface area contributed by atoms with Crippen molar-refractivity contribution in [2.24, 2.45) is 0 Å². The summed E-state index contributed by atoms with van der Waals surface area (Å²) < 4.78 is 36.7. The van der Waals surface area contributed by atoms with Crippen LogP contribution in [0.5, 0.6) is 0 Å². The summed E-state index contributed by atoms with van der Waals surface area (Å²) in [6.07, 6.45) is -0.496. The number of carbonyl (C=O) groups excluding carboxylic acids is 1. The summed E-state index contributed by atoms with van der Waals surface area (Å²) in [6, 6.07) is 8.44. The van der Waals surface area contributed by atoms with Crippen molar-refractivity contribution in [2.45, 2.75) is 38.8 Å². The van der Waals surface area contributed by atoms with Crippen LogP contribution in [-0.4, -0.2) is 67.2 Å². The first-order valence-electron chi connectivity index (χ1n) is 11.8. The van der Waals surface area contributed by atoms with Gasteiger partial charge in [0.25, 0.3) is 12.3 Å². The van der Waals surface area contributed by atoms with E-state index in [0.717, 1.165) is 5.56 Å². The maximum absolute atomic E-state index is 13.2. The molecule has 0 aliphatic carbocycles. The Labute approximate surface area is 215 Å². The van der Waals surface area contributed by atoms with Crippen molar-refractivity contribution in [3.05, 3.63) is 65.4 Å². The lowest BCUT2D eigenvalue weighted by atomic mass is 9.90. The zero-order chi connectivity index (χ0) is 27.0. The quantitative estimate of drug-likeness (QED) is 0.349. The summed E-state index contributed by atoms with van der Waals surface area (Å²) in [4.78, 5) is 34.3. The van der Waals surface area contributed by atoms with Crippen LogP contribution in [0.25, 0.3) is 17.0 Å². The molecule has 1 aliphatic heterocycles. The second kappa shape index (κ2) is 10.2. The first-order valence-corrected chi connectivity index (χ1v) is 11.8. The second-order valence-electron chi connectivity index (χ2n) is 9.04. The number of carbonyl (C=O) groups is 2. The van der Waals surface area contributed by atoms with Gasteiger partial charge in [-0.15, -0.1) is 0 Å². The fourth-order valence-corrected chi connectivity index (χ4v) is 4.28. The molecule has 1 saturated heterocycles. The van der Waals surface area contributed by atoms with Crippen molar-refractivity contribution in [3.63, 3.8) is 0 Å². The summed E-state index contributed by atoms with van der Waals surface area (Å²) in [6.45, 7) is 3.21. The lowest BCUT2D eigenvalue weighted by molar-refractivity contribution is 0.00978. The molecular weight excluding hydrogens is 502 g/mol. The molecule has 0 spiro atoms. The summed E-state index contributed by atoms with van der Waals surface area (Å²) >= 11 is 0. The first-order chi connectivity index (χ1) is 18.2. The molecule has 5 rings (SSSR count). The number of pyridine rings is 1. The Morgan fingerprint density at radius 1 is 1.29 bits per heavy atom. The third-order valence-corrected chi connectivity index (χ3v) is 6.53. The number of likely N-dealkylation sites (tertiary alicyclic amines) is 1. The lowest BCUT2D eigenvalue weighted by Crippen LogP contribution is -2.55. The van der Waals surface area contributed by atoms with Crippen LogP contribution in [0.4, 0.5) is 19.3 Å². The van der Waals surface area contributed by atoms with Crippen molar-refractivity contribution in [2.75, 3.05) is 18.5 Å². The van der Waals surface area contributed by atoms with Crippen molar-refractivity contribution < 1.29 is 32.7 Å². The molecule has 3 aromatic heterocycles. The fourth-order valence-electron chi connectivity index (χ4n) is 4.28. The van der Waals surface area contributed by atoms with Gasteiger partial charge in [0.05, 0.1) is 18.7 Å². The first kappa shape index (κ1) is 25.3. The van der Waals surface area contributed by atoms with E-state index in [-0.39, 0.29) is 30.8 Å². The van der Waals surface area contributed by atoms with Crippen molar-refractivity contribution in [3.8, 4) is 11.4 Å². The summed E-state index contributed by atoms with van der Waals surface area (Å²) in [7, 11) is 0. The minimum atomic E-state index is -2.56. The minimum absolute atomic E-state index is 0.0265. The molecule has 1 aliphatic rings. The van der Waals surface area contributed by atoms with Gasteiger partial charge in [-0.3, -0.25) is 9.20 Å². The monoisotopic (exact) mass is 526 g/mol. The van der Waals surface area contributed by atoms with E-state index in [2.05, 4.69) is 20.4 Å². The Morgan fingerprint density at radius 3 is 2.84 bits per heavy atom. The minimum Gasteiger partial charge on any atom is -0.465 e. The van der Waals surface area contributed by atoms with Gasteiger partial charge in [-0.25, -0.2) is 18.6 Å². The number of alkyl halides is 2. The number of nitrogens with zero attached hydrogens (tertiary/aromatic N) is 5. The van der Waals surface area contributed by atoms with Crippen molar-refractivity contribution in [1.29, 1.82) is 0 Å². The number of hydrogen-bond donors (Lipinski definition) is 2. The van der Waals surface area contributed by atoms with Gasteiger partial charge in [-0.05, 0) is 37.1 Å². The number of imidazole rings is 1. The van der Waals surface area contributed by atoms with E-state index in [0.29, 0.717) is 34.2 Å². The van der Waals surface area contributed by atoms with Gasteiger partial charge in [-0.1, -0.05) is 23.4 Å². The average Bonchev–Trinajstić information content (AvgIpc) is 3.51. The third kappa shape index (κ3) is 4.92. The van der Waals surface area contributed by atoms with Crippen LogP contribution in [0.1, 0.15) is 40.3 Å². The van der Waals surface area contributed by atoms with Crippen LogP contribution < -0.4 is 5.32 Å². The van der Waals surface area contributed by atoms with E-state index in [9.17, 15) is 18.4 Å². The lowest BCUT2D eigenvalue weighted by Gasteiger charge is -2.42. The topological polar surface area (TPSA) is 135 Å². The van der Waals surface area contributed by atoms with E-state index >= 15 is 0 Å². The number of hydrogen-bond acceptors (Lipinski definition) is 7. The highest BCUT2D eigenvalue weighted by Crippen LogP contribution is 2.34. The van der Waals surface area contributed by atoms with Crippen LogP contribution in [-0.2, 0) is 11.3 Å². The number of amides is 2. The number of carboxylic acid groups (broad SMARTS) is 1. The normalized spacial score (nSPS) is 17.1. The zero-order valence-corrected chi connectivity index (χ0v) is 20.5. The Hall–Kier alpha value is -4.39. The molecule has 198 valence electrons. The molecule has 0 saturated carbocycles. The van der Waals surface area contributed by atoms with Gasteiger partial charge in [-0.2, -0.15) is 4.98 Å². The largest absolute Gasteiger partial charge is 0.465 e. The molecule has 38 heavy (non-hydrogen) atoms. The highest BCUT2D eigenvalue weighted by molar-refractivity contribution is 6.04. The fraction of sp³-hybridized carbons (Fsp3) is 0.320. The van der Waals surface area contributed by atoms with Gasteiger partial charge in [0, 0.05) is 30.0 Å². The smallest absolute Gasteiger partial charge is 0.407 e. The number of aromatic nitrogens is 4. The molecule has 2 amide bonds. The van der Waals surface area contributed by atoms with Gasteiger partial charge in [0.2, 0.25) is 11.7 Å². The number of anilines is 1. The molecule has 0 radical (unpaired) electrons. The molecule has 13 heteroatoms. The Bertz CT molecular complexity index is 1500. The predicted octanol–water partition coefficient (Wildman–Crippen LogP) is 4.19. The molecule has 11 nitrogen and oxygen atoms in total. The average molecular weight is 527 g/mol. The Balaban J connectivity index is 1.33. The maximum Gasteiger partial charge on any atom is 0.407 e. The number of aryl methyl sites for hydroxylation is 1. The molecule has 4 aromatic rings. The van der Waals surface area contributed by atoms with Crippen molar-refractivity contribution in [1.82, 2.24) is 24.4 Å². The highest BCUT2D eigenvalue weighted by Gasteiger charge is 2.43. The van der Waals surface area contributed by atoms with Gasteiger partial charge < -0.3 is 24.6 Å². The number of benzene rings is 1. The number of ether oxygens (including phenoxy) is 1. The molecule has 2 N–H and O–H groups in total. The summed E-state index contributed by atoms with van der Waals surface area (Å²) in [5, 5.41) is 16.1. The van der Waals surface area contributed by atoms with Gasteiger partial charge in [0.15, 0.2) is 0 Å². The summed E-state index contributed by atoms with van der Waals surface area (Å²) in [5.41, 5.74) is 3.32. The Morgan fingerprint density at radius 2 is 2.11 bits per heavy atom. The van der Waals surface area contributed by atoms with Crippen LogP contribution in [0.2, 0.25) is 0 Å². The molecule has 0 bridgehead atoms. The zero-order valence-electron chi connectivity index (χ0n) is 20.5. The van der Waals surface area contributed by atoms with E-state index in [1.807, 2.05) is 13.0 Å². The number of nitrogens with one attached hydrogen (secondary N) is 1. The highest BCUT2D eigenvalue weighted by atomic mass is 19.3. The van der Waals surface area contributed by atoms with Crippen LogP contribution in [0, 0.1) is 6.92 Å². The molecule has 1 aromatic carbocycles. The maximum atomic E-state index is 13.2. The van der Waals surface area contributed by atoms with Crippen LogP contribution >= 0.6 is 0 Å².